The number of thiophene rings is 1. The van der Waals surface area contributed by atoms with E-state index in [4.69, 9.17) is 9.26 Å². The average Bonchev–Trinajstić information content (AvgIpc) is 3.28. The third kappa shape index (κ3) is 2.71. The average molecular weight is 368 g/mol. The first-order valence-corrected chi connectivity index (χ1v) is 10.4. The molecule has 24 heavy (non-hydrogen) atoms. The van der Waals surface area contributed by atoms with Gasteiger partial charge in [0.1, 0.15) is 0 Å². The van der Waals surface area contributed by atoms with Gasteiger partial charge in [-0.05, 0) is 32.3 Å². The third-order valence-corrected chi connectivity index (χ3v) is 8.15. The van der Waals surface area contributed by atoms with Crippen LogP contribution in [0.3, 0.4) is 0 Å². The molecule has 130 valence electrons. The lowest BCUT2D eigenvalue weighted by molar-refractivity contribution is 0.105. The zero-order valence-electron chi connectivity index (χ0n) is 13.5. The minimum absolute atomic E-state index is 0.00298. The van der Waals surface area contributed by atoms with Crippen LogP contribution in [0.5, 0.6) is 0 Å². The second-order valence-electron chi connectivity index (χ2n) is 6.65. The highest BCUT2D eigenvalue weighted by Crippen LogP contribution is 2.41. The first kappa shape index (κ1) is 16.3. The van der Waals surface area contributed by atoms with E-state index in [9.17, 15) is 8.42 Å². The second kappa shape index (κ2) is 5.94. The number of aromatic nitrogens is 1. The standard InChI is InChI=1S/C16H20N2O4S2/c1-12-15(9-14(23-12)13-3-6-17-22-13)24(19,20)18-7-2-4-16(10-18)5-8-21-11-16/h3,6,9H,2,4-5,7-8,10-11H2,1H3/t16-/m0/s1. The van der Waals surface area contributed by atoms with Crippen LogP contribution in [0.2, 0.25) is 0 Å². The van der Waals surface area contributed by atoms with E-state index in [-0.39, 0.29) is 5.41 Å². The summed E-state index contributed by atoms with van der Waals surface area (Å²) in [6.45, 7) is 4.39. The maximum absolute atomic E-state index is 13.2. The molecular formula is C16H20N2O4S2. The Morgan fingerprint density at radius 2 is 2.25 bits per heavy atom. The molecule has 6 nitrogen and oxygen atoms in total. The summed E-state index contributed by atoms with van der Waals surface area (Å²) in [4.78, 5) is 1.96. The molecule has 4 rings (SSSR count). The Balaban J connectivity index is 1.65. The fourth-order valence-corrected chi connectivity index (χ4v) is 6.77. The van der Waals surface area contributed by atoms with Gasteiger partial charge in [-0.1, -0.05) is 5.16 Å². The molecular weight excluding hydrogens is 348 g/mol. The van der Waals surface area contributed by atoms with Gasteiger partial charge in [-0.2, -0.15) is 4.31 Å². The predicted molar refractivity (Wildman–Crippen MR) is 90.4 cm³/mol. The van der Waals surface area contributed by atoms with Crippen molar-refractivity contribution in [1.82, 2.24) is 9.46 Å². The van der Waals surface area contributed by atoms with Gasteiger partial charge in [-0.25, -0.2) is 8.42 Å². The summed E-state index contributed by atoms with van der Waals surface area (Å²) in [7, 11) is -3.50. The lowest BCUT2D eigenvalue weighted by Crippen LogP contribution is -2.46. The highest BCUT2D eigenvalue weighted by molar-refractivity contribution is 7.89. The lowest BCUT2D eigenvalue weighted by atomic mass is 9.80. The minimum Gasteiger partial charge on any atom is -0.381 e. The van der Waals surface area contributed by atoms with Gasteiger partial charge in [0.15, 0.2) is 5.76 Å². The van der Waals surface area contributed by atoms with Crippen LogP contribution in [-0.4, -0.2) is 44.2 Å². The predicted octanol–water partition coefficient (Wildman–Crippen LogP) is 2.90. The number of hydrogen-bond acceptors (Lipinski definition) is 6. The molecule has 0 amide bonds. The molecule has 1 spiro atoms. The topological polar surface area (TPSA) is 72.6 Å². The van der Waals surface area contributed by atoms with Gasteiger partial charge in [-0.15, -0.1) is 11.3 Å². The molecule has 2 aliphatic rings. The van der Waals surface area contributed by atoms with Gasteiger partial charge in [0, 0.05) is 36.1 Å². The fourth-order valence-electron chi connectivity index (χ4n) is 3.66. The van der Waals surface area contributed by atoms with Crippen molar-refractivity contribution < 1.29 is 17.7 Å². The molecule has 2 aliphatic heterocycles. The molecule has 0 saturated carbocycles. The molecule has 8 heteroatoms. The van der Waals surface area contributed by atoms with E-state index < -0.39 is 10.0 Å². The highest BCUT2D eigenvalue weighted by atomic mass is 32.2. The van der Waals surface area contributed by atoms with Crippen LogP contribution in [0, 0.1) is 12.3 Å². The zero-order chi connectivity index (χ0) is 16.8. The Kier molecular flexibility index (Phi) is 4.03. The molecule has 4 heterocycles. The smallest absolute Gasteiger partial charge is 0.244 e. The minimum atomic E-state index is -3.50. The first-order valence-electron chi connectivity index (χ1n) is 8.10. The second-order valence-corrected chi connectivity index (χ2v) is 9.82. The molecule has 0 radical (unpaired) electrons. The number of rotatable bonds is 3. The maximum Gasteiger partial charge on any atom is 0.244 e. The third-order valence-electron chi connectivity index (χ3n) is 4.98. The Labute approximate surface area is 145 Å². The van der Waals surface area contributed by atoms with E-state index in [1.54, 1.807) is 22.6 Å². The van der Waals surface area contributed by atoms with Crippen LogP contribution in [-0.2, 0) is 14.8 Å². The summed E-state index contributed by atoms with van der Waals surface area (Å²) >= 11 is 1.42. The van der Waals surface area contributed by atoms with Gasteiger partial charge < -0.3 is 9.26 Å². The van der Waals surface area contributed by atoms with E-state index in [1.165, 1.54) is 11.3 Å². The van der Waals surface area contributed by atoms with Gasteiger partial charge in [-0.3, -0.25) is 0 Å². The molecule has 0 bridgehead atoms. The van der Waals surface area contributed by atoms with Crippen LogP contribution in [0.15, 0.2) is 27.7 Å². The van der Waals surface area contributed by atoms with E-state index in [0.29, 0.717) is 30.4 Å². The zero-order valence-corrected chi connectivity index (χ0v) is 15.2. The molecule has 2 fully saturated rings. The van der Waals surface area contributed by atoms with Crippen LogP contribution < -0.4 is 0 Å². The molecule has 0 aliphatic carbocycles. The van der Waals surface area contributed by atoms with Crippen molar-refractivity contribution in [2.45, 2.75) is 31.1 Å². The molecule has 2 saturated heterocycles. The maximum atomic E-state index is 13.2. The Morgan fingerprint density at radius 3 is 2.96 bits per heavy atom. The van der Waals surface area contributed by atoms with Crippen molar-refractivity contribution >= 4 is 21.4 Å². The summed E-state index contributed by atoms with van der Waals surface area (Å²) < 4.78 is 38.7. The SMILES string of the molecule is Cc1sc(-c2ccno2)cc1S(=O)(=O)N1CCC[C@]2(CCOC2)C1. The Morgan fingerprint density at radius 1 is 1.38 bits per heavy atom. The van der Waals surface area contributed by atoms with Crippen molar-refractivity contribution in [1.29, 1.82) is 0 Å². The quantitative estimate of drug-likeness (QED) is 0.833. The van der Waals surface area contributed by atoms with Crippen molar-refractivity contribution in [2.24, 2.45) is 5.41 Å². The normalized spacial score (nSPS) is 25.5. The van der Waals surface area contributed by atoms with E-state index in [1.807, 2.05) is 6.92 Å². The Hall–Kier alpha value is -1.22. The summed E-state index contributed by atoms with van der Waals surface area (Å²) in [5.74, 6) is 0.601. The molecule has 0 N–H and O–H groups in total. The van der Waals surface area contributed by atoms with Crippen LogP contribution in [0.1, 0.15) is 24.1 Å². The molecule has 2 aromatic rings. The number of hydrogen-bond donors (Lipinski definition) is 0. The van der Waals surface area contributed by atoms with Crippen molar-refractivity contribution in [2.75, 3.05) is 26.3 Å². The van der Waals surface area contributed by atoms with E-state index >= 15 is 0 Å². The van der Waals surface area contributed by atoms with Gasteiger partial charge in [0.05, 0.1) is 22.6 Å². The van der Waals surface area contributed by atoms with Crippen LogP contribution in [0.25, 0.3) is 10.6 Å². The van der Waals surface area contributed by atoms with Gasteiger partial charge in [0.2, 0.25) is 10.0 Å². The molecule has 0 aromatic carbocycles. The van der Waals surface area contributed by atoms with E-state index in [0.717, 1.165) is 35.6 Å². The number of aryl methyl sites for hydroxylation is 1. The molecule has 0 unspecified atom stereocenters. The largest absolute Gasteiger partial charge is 0.381 e. The first-order chi connectivity index (χ1) is 11.5. The fraction of sp³-hybridized carbons (Fsp3) is 0.562. The van der Waals surface area contributed by atoms with Crippen molar-refractivity contribution in [3.05, 3.63) is 23.2 Å². The highest BCUT2D eigenvalue weighted by Gasteiger charge is 2.43. The number of nitrogens with zero attached hydrogens (tertiary/aromatic N) is 2. The molecule has 1 atom stereocenters. The van der Waals surface area contributed by atoms with Crippen LogP contribution >= 0.6 is 11.3 Å². The number of ether oxygens (including phenoxy) is 1. The van der Waals surface area contributed by atoms with Crippen molar-refractivity contribution in [3.63, 3.8) is 0 Å². The number of piperidine rings is 1. The monoisotopic (exact) mass is 368 g/mol. The van der Waals surface area contributed by atoms with E-state index in [2.05, 4.69) is 5.16 Å². The summed E-state index contributed by atoms with van der Waals surface area (Å²) in [5, 5.41) is 3.70. The van der Waals surface area contributed by atoms with Gasteiger partial charge >= 0.3 is 0 Å². The summed E-state index contributed by atoms with van der Waals surface area (Å²) in [5.41, 5.74) is 0.00298. The lowest BCUT2D eigenvalue weighted by Gasteiger charge is -2.38. The summed E-state index contributed by atoms with van der Waals surface area (Å²) in [6.07, 6.45) is 4.45. The van der Waals surface area contributed by atoms with Crippen molar-refractivity contribution in [3.8, 4) is 10.6 Å². The number of sulfonamides is 1. The molecule has 2 aromatic heterocycles. The van der Waals surface area contributed by atoms with Crippen LogP contribution in [0.4, 0.5) is 0 Å². The Bertz CT molecular complexity index is 820. The van der Waals surface area contributed by atoms with Gasteiger partial charge in [0.25, 0.3) is 0 Å². The summed E-state index contributed by atoms with van der Waals surface area (Å²) in [6, 6.07) is 3.45.